The largest absolute Gasteiger partial charge is 0.425 e. The van der Waals surface area contributed by atoms with E-state index in [2.05, 4.69) is 4.72 Å². The molecule has 0 heterocycles. The van der Waals surface area contributed by atoms with E-state index >= 15 is 0 Å². The molecule has 0 aliphatic rings. The lowest BCUT2D eigenvalue weighted by atomic mass is 10.2. The Morgan fingerprint density at radius 3 is 2.39 bits per heavy atom. The van der Waals surface area contributed by atoms with Gasteiger partial charge in [0.15, 0.2) is 0 Å². The molecule has 2 aromatic rings. The summed E-state index contributed by atoms with van der Waals surface area (Å²) in [5, 5.41) is 0. The van der Waals surface area contributed by atoms with Crippen LogP contribution in [0, 0.1) is 6.92 Å². The lowest BCUT2D eigenvalue weighted by Gasteiger charge is -2.08. The van der Waals surface area contributed by atoms with E-state index in [9.17, 15) is 13.2 Å². The maximum Gasteiger partial charge on any atom is 0.326 e. The first-order chi connectivity index (χ1) is 11.0. The van der Waals surface area contributed by atoms with Crippen molar-refractivity contribution in [2.24, 2.45) is 0 Å². The van der Waals surface area contributed by atoms with Crippen LogP contribution < -0.4 is 9.46 Å². The Morgan fingerprint density at radius 1 is 1.04 bits per heavy atom. The van der Waals surface area contributed by atoms with Crippen molar-refractivity contribution in [3.05, 3.63) is 65.7 Å². The summed E-state index contributed by atoms with van der Waals surface area (Å²) in [6, 6.07) is 16.4. The molecule has 0 saturated heterocycles. The first-order valence-corrected chi connectivity index (χ1v) is 8.89. The lowest BCUT2D eigenvalue weighted by molar-refractivity contribution is -0.133. The number of hydrogen-bond donors (Lipinski definition) is 1. The minimum Gasteiger partial charge on any atom is -0.425 e. The maximum absolute atomic E-state index is 11.9. The van der Waals surface area contributed by atoms with E-state index in [4.69, 9.17) is 4.74 Å². The van der Waals surface area contributed by atoms with Crippen LogP contribution in [-0.4, -0.2) is 26.7 Å². The molecule has 0 saturated carbocycles. The zero-order valence-corrected chi connectivity index (χ0v) is 13.7. The second-order valence-corrected chi connectivity index (χ2v) is 7.04. The first kappa shape index (κ1) is 17.2. The quantitative estimate of drug-likeness (QED) is 0.622. The third-order valence-corrected chi connectivity index (χ3v) is 4.58. The Balaban J connectivity index is 1.82. The van der Waals surface area contributed by atoms with Crippen LogP contribution in [0.2, 0.25) is 0 Å². The molecule has 5 nitrogen and oxygen atoms in total. The molecule has 0 amide bonds. The van der Waals surface area contributed by atoms with Crippen molar-refractivity contribution in [3.8, 4) is 5.75 Å². The topological polar surface area (TPSA) is 72.5 Å². The Kier molecular flexibility index (Phi) is 5.90. The summed E-state index contributed by atoms with van der Waals surface area (Å²) in [4.78, 5) is 11.7. The van der Waals surface area contributed by atoms with Gasteiger partial charge in [0, 0.05) is 0 Å². The van der Waals surface area contributed by atoms with E-state index in [-0.39, 0.29) is 12.3 Å². The summed E-state index contributed by atoms with van der Waals surface area (Å²) in [5.74, 6) is -0.280. The molecule has 1 N–H and O–H groups in total. The second-order valence-electron chi connectivity index (χ2n) is 5.12. The molecule has 0 bridgehead atoms. The van der Waals surface area contributed by atoms with Crippen molar-refractivity contribution in [1.29, 1.82) is 0 Å². The van der Waals surface area contributed by atoms with Gasteiger partial charge in [0.05, 0.1) is 5.75 Å². The molecule has 0 aliphatic heterocycles. The van der Waals surface area contributed by atoms with E-state index < -0.39 is 16.0 Å². The molecule has 6 heteroatoms. The van der Waals surface area contributed by atoms with Crippen LogP contribution in [0.25, 0.3) is 0 Å². The molecule has 0 aliphatic carbocycles. The summed E-state index contributed by atoms with van der Waals surface area (Å²) < 4.78 is 31.2. The molecule has 2 aromatic carbocycles. The fourth-order valence-corrected chi connectivity index (χ4v) is 2.95. The molecule has 0 aromatic heterocycles. The molecule has 0 fully saturated rings. The SMILES string of the molecule is Cc1ccccc1OC(=O)CNS(=O)(=O)CCc1ccccc1. The number of benzene rings is 2. The van der Waals surface area contributed by atoms with Gasteiger partial charge in [-0.05, 0) is 30.5 Å². The van der Waals surface area contributed by atoms with Crippen LogP contribution in [0.5, 0.6) is 5.75 Å². The molecular formula is C17H19NO4S. The summed E-state index contributed by atoms with van der Waals surface area (Å²) in [5.41, 5.74) is 1.74. The summed E-state index contributed by atoms with van der Waals surface area (Å²) in [6.07, 6.45) is 0.392. The van der Waals surface area contributed by atoms with Gasteiger partial charge >= 0.3 is 5.97 Å². The number of carbonyl (C=O) groups is 1. The second kappa shape index (κ2) is 7.89. The minimum absolute atomic E-state index is 0.0747. The fraction of sp³-hybridized carbons (Fsp3) is 0.235. The van der Waals surface area contributed by atoms with Gasteiger partial charge in [0.2, 0.25) is 10.0 Å². The summed E-state index contributed by atoms with van der Waals surface area (Å²) >= 11 is 0. The molecule has 23 heavy (non-hydrogen) atoms. The van der Waals surface area contributed by atoms with Crippen LogP contribution in [-0.2, 0) is 21.2 Å². The van der Waals surface area contributed by atoms with E-state index in [0.717, 1.165) is 11.1 Å². The summed E-state index contributed by atoms with van der Waals surface area (Å²) in [7, 11) is -3.53. The highest BCUT2D eigenvalue weighted by molar-refractivity contribution is 7.89. The van der Waals surface area contributed by atoms with Crippen LogP contribution in [0.15, 0.2) is 54.6 Å². The number of carbonyl (C=O) groups excluding carboxylic acids is 1. The highest BCUT2D eigenvalue weighted by Crippen LogP contribution is 2.16. The standard InChI is InChI=1S/C17H19NO4S/c1-14-7-5-6-10-16(14)22-17(19)13-18-23(20,21)12-11-15-8-3-2-4-9-15/h2-10,18H,11-13H2,1H3. The summed E-state index contributed by atoms with van der Waals surface area (Å²) in [6.45, 7) is 1.43. The Morgan fingerprint density at radius 2 is 1.70 bits per heavy atom. The van der Waals surface area contributed by atoms with Crippen molar-refractivity contribution < 1.29 is 17.9 Å². The van der Waals surface area contributed by atoms with E-state index in [1.165, 1.54) is 0 Å². The number of para-hydroxylation sites is 1. The van der Waals surface area contributed by atoms with E-state index in [0.29, 0.717) is 12.2 Å². The molecule has 0 atom stereocenters. The average Bonchev–Trinajstić information content (AvgIpc) is 2.55. The van der Waals surface area contributed by atoms with Gasteiger partial charge in [-0.1, -0.05) is 48.5 Å². The molecule has 0 radical (unpaired) electrons. The third-order valence-electron chi connectivity index (χ3n) is 3.26. The van der Waals surface area contributed by atoms with Gasteiger partial charge < -0.3 is 4.74 Å². The highest BCUT2D eigenvalue weighted by atomic mass is 32.2. The number of esters is 1. The number of hydrogen-bond acceptors (Lipinski definition) is 4. The predicted molar refractivity (Wildman–Crippen MR) is 88.7 cm³/mol. The van der Waals surface area contributed by atoms with Crippen LogP contribution in [0.4, 0.5) is 0 Å². The van der Waals surface area contributed by atoms with E-state index in [1.54, 1.807) is 12.1 Å². The molecule has 2 rings (SSSR count). The molecule has 0 unspecified atom stereocenters. The van der Waals surface area contributed by atoms with E-state index in [1.807, 2.05) is 49.4 Å². The molecular weight excluding hydrogens is 314 g/mol. The third kappa shape index (κ3) is 5.84. The fourth-order valence-electron chi connectivity index (χ4n) is 1.97. The predicted octanol–water partition coefficient (Wildman–Crippen LogP) is 2.06. The van der Waals surface area contributed by atoms with Gasteiger partial charge in [-0.15, -0.1) is 0 Å². The Labute approximate surface area is 136 Å². The van der Waals surface area contributed by atoms with Gasteiger partial charge in [0.25, 0.3) is 0 Å². The number of ether oxygens (including phenoxy) is 1. The van der Waals surface area contributed by atoms with Crippen molar-refractivity contribution >= 4 is 16.0 Å². The Bertz CT molecular complexity index is 757. The number of sulfonamides is 1. The van der Waals surface area contributed by atoms with Crippen LogP contribution >= 0.6 is 0 Å². The number of rotatable bonds is 7. The van der Waals surface area contributed by atoms with Crippen molar-refractivity contribution in [1.82, 2.24) is 4.72 Å². The number of aryl methyl sites for hydroxylation is 2. The van der Waals surface area contributed by atoms with Crippen molar-refractivity contribution in [2.45, 2.75) is 13.3 Å². The van der Waals surface area contributed by atoms with Crippen molar-refractivity contribution in [3.63, 3.8) is 0 Å². The van der Waals surface area contributed by atoms with Crippen molar-refractivity contribution in [2.75, 3.05) is 12.3 Å². The normalized spacial score (nSPS) is 11.2. The maximum atomic E-state index is 11.9. The zero-order valence-electron chi connectivity index (χ0n) is 12.9. The number of nitrogens with one attached hydrogen (secondary N) is 1. The highest BCUT2D eigenvalue weighted by Gasteiger charge is 2.14. The zero-order chi connectivity index (χ0) is 16.7. The first-order valence-electron chi connectivity index (χ1n) is 7.24. The smallest absolute Gasteiger partial charge is 0.326 e. The van der Waals surface area contributed by atoms with Gasteiger partial charge in [-0.2, -0.15) is 0 Å². The van der Waals surface area contributed by atoms with Crippen LogP contribution in [0.1, 0.15) is 11.1 Å². The van der Waals surface area contributed by atoms with Gasteiger partial charge in [-0.25, -0.2) is 13.1 Å². The Hall–Kier alpha value is -2.18. The molecule has 0 spiro atoms. The average molecular weight is 333 g/mol. The molecule has 122 valence electrons. The lowest BCUT2D eigenvalue weighted by Crippen LogP contribution is -2.34. The van der Waals surface area contributed by atoms with Crippen LogP contribution in [0.3, 0.4) is 0 Å². The monoisotopic (exact) mass is 333 g/mol. The van der Waals surface area contributed by atoms with Gasteiger partial charge in [0.1, 0.15) is 12.3 Å². The van der Waals surface area contributed by atoms with Gasteiger partial charge in [-0.3, -0.25) is 4.79 Å². The minimum atomic E-state index is -3.53.